The number of hydrogen-bond donors (Lipinski definition) is 1. The molecular weight excluding hydrogens is 613 g/mol. The number of methoxy groups -OCH3 is 2. The van der Waals surface area contributed by atoms with Crippen molar-refractivity contribution in [3.8, 4) is 11.5 Å². The van der Waals surface area contributed by atoms with Crippen LogP contribution in [-0.2, 0) is 26.2 Å². The van der Waals surface area contributed by atoms with E-state index in [0.717, 1.165) is 15.4 Å². The van der Waals surface area contributed by atoms with Crippen molar-refractivity contribution in [2.24, 2.45) is 0 Å². The van der Waals surface area contributed by atoms with Crippen LogP contribution in [0.15, 0.2) is 59.5 Å². The number of nitrogens with one attached hydrogen (secondary N) is 1. The number of carbonyl (C=O) groups excluding carboxylic acids is 2. The summed E-state index contributed by atoms with van der Waals surface area (Å²) in [5.74, 6) is -0.436. The zero-order valence-corrected chi connectivity index (χ0v) is 27.6. The summed E-state index contributed by atoms with van der Waals surface area (Å²) in [6.07, 6.45) is 0. The molecule has 0 aliphatic rings. The number of ether oxygens (including phenoxy) is 2. The molecule has 0 heterocycles. The van der Waals surface area contributed by atoms with Crippen LogP contribution in [-0.4, -0.2) is 58.0 Å². The first-order valence-electron chi connectivity index (χ1n) is 13.5. The van der Waals surface area contributed by atoms with Gasteiger partial charge in [0.1, 0.15) is 12.6 Å². The summed E-state index contributed by atoms with van der Waals surface area (Å²) in [5, 5.41) is 3.55. The van der Waals surface area contributed by atoms with E-state index in [2.05, 4.69) is 5.32 Å². The van der Waals surface area contributed by atoms with Gasteiger partial charge in [-0.25, -0.2) is 8.42 Å². The second kappa shape index (κ2) is 14.3. The Hall–Kier alpha value is -3.47. The summed E-state index contributed by atoms with van der Waals surface area (Å²) in [6.45, 7) is 8.24. The number of halogens is 2. The third kappa shape index (κ3) is 8.34. The Morgan fingerprint density at radius 2 is 1.51 bits per heavy atom. The number of sulfonamides is 1. The maximum absolute atomic E-state index is 14.2. The number of anilines is 1. The minimum atomic E-state index is -4.32. The van der Waals surface area contributed by atoms with Gasteiger partial charge >= 0.3 is 0 Å². The molecule has 12 heteroatoms. The van der Waals surface area contributed by atoms with Gasteiger partial charge in [0.05, 0.1) is 24.8 Å². The van der Waals surface area contributed by atoms with Crippen molar-refractivity contribution in [3.63, 3.8) is 0 Å². The monoisotopic (exact) mass is 649 g/mol. The van der Waals surface area contributed by atoms with Crippen LogP contribution in [0.25, 0.3) is 0 Å². The van der Waals surface area contributed by atoms with Crippen LogP contribution in [0.4, 0.5) is 5.69 Å². The Morgan fingerprint density at radius 1 is 0.884 bits per heavy atom. The average molecular weight is 651 g/mol. The minimum Gasteiger partial charge on any atom is -0.493 e. The maximum Gasteiger partial charge on any atom is 0.264 e. The summed E-state index contributed by atoms with van der Waals surface area (Å²) in [4.78, 5) is 28.5. The smallest absolute Gasteiger partial charge is 0.264 e. The molecule has 0 aliphatic heterocycles. The number of benzene rings is 3. The van der Waals surface area contributed by atoms with Crippen molar-refractivity contribution in [3.05, 3.63) is 81.3 Å². The summed E-state index contributed by atoms with van der Waals surface area (Å²) in [6, 6.07) is 13.2. The lowest BCUT2D eigenvalue weighted by atomic mass is 10.1. The largest absolute Gasteiger partial charge is 0.493 e. The molecule has 0 spiro atoms. The molecule has 9 nitrogen and oxygen atoms in total. The molecule has 43 heavy (non-hydrogen) atoms. The number of amides is 2. The number of hydrogen-bond acceptors (Lipinski definition) is 6. The van der Waals surface area contributed by atoms with Crippen molar-refractivity contribution in [2.75, 3.05) is 25.1 Å². The first-order chi connectivity index (χ1) is 20.2. The summed E-state index contributed by atoms with van der Waals surface area (Å²) < 4.78 is 40.1. The molecule has 2 amide bonds. The third-order valence-corrected chi connectivity index (χ3v) is 9.03. The van der Waals surface area contributed by atoms with Gasteiger partial charge < -0.3 is 19.7 Å². The van der Waals surface area contributed by atoms with Gasteiger partial charge in [-0.3, -0.25) is 13.9 Å². The van der Waals surface area contributed by atoms with E-state index >= 15 is 0 Å². The van der Waals surface area contributed by atoms with Gasteiger partial charge in [-0.1, -0.05) is 35.3 Å². The summed E-state index contributed by atoms with van der Waals surface area (Å²) >= 11 is 12.5. The van der Waals surface area contributed by atoms with Crippen LogP contribution in [0, 0.1) is 13.8 Å². The second-order valence-electron chi connectivity index (χ2n) is 10.5. The van der Waals surface area contributed by atoms with Gasteiger partial charge in [0.2, 0.25) is 11.8 Å². The molecule has 0 bridgehead atoms. The predicted molar refractivity (Wildman–Crippen MR) is 170 cm³/mol. The van der Waals surface area contributed by atoms with E-state index in [1.165, 1.54) is 37.3 Å². The molecule has 0 unspecified atom stereocenters. The molecular formula is C31H37Cl2N3O6S. The highest BCUT2D eigenvalue weighted by Crippen LogP contribution is 2.33. The van der Waals surface area contributed by atoms with E-state index < -0.39 is 34.4 Å². The Labute approximate surface area is 263 Å². The Balaban J connectivity index is 2.13. The number of carbonyl (C=O) groups is 2. The van der Waals surface area contributed by atoms with Crippen LogP contribution in [0.2, 0.25) is 10.0 Å². The van der Waals surface area contributed by atoms with E-state index in [4.69, 9.17) is 32.7 Å². The quantitative estimate of drug-likeness (QED) is 0.267. The van der Waals surface area contributed by atoms with E-state index in [9.17, 15) is 18.0 Å². The van der Waals surface area contributed by atoms with Crippen LogP contribution in [0.3, 0.4) is 0 Å². The molecule has 3 rings (SSSR count). The molecule has 0 radical (unpaired) electrons. The Bertz CT molecular complexity index is 1580. The summed E-state index contributed by atoms with van der Waals surface area (Å²) in [7, 11) is -1.46. The lowest BCUT2D eigenvalue weighted by Gasteiger charge is -2.32. The first kappa shape index (κ1) is 34.0. The van der Waals surface area contributed by atoms with Gasteiger partial charge in [-0.05, 0) is 87.7 Å². The van der Waals surface area contributed by atoms with Gasteiger partial charge in [0, 0.05) is 28.7 Å². The normalized spacial score (nSPS) is 12.0. The molecule has 1 N–H and O–H groups in total. The van der Waals surface area contributed by atoms with Crippen LogP contribution >= 0.6 is 23.2 Å². The van der Waals surface area contributed by atoms with E-state index in [1.54, 1.807) is 37.3 Å². The van der Waals surface area contributed by atoms with Crippen LogP contribution in [0.5, 0.6) is 11.5 Å². The zero-order chi connectivity index (χ0) is 32.1. The molecule has 0 fully saturated rings. The maximum atomic E-state index is 14.2. The highest BCUT2D eigenvalue weighted by molar-refractivity contribution is 7.92. The zero-order valence-electron chi connectivity index (χ0n) is 25.3. The van der Waals surface area contributed by atoms with E-state index in [-0.39, 0.29) is 23.2 Å². The Kier molecular flexibility index (Phi) is 11.3. The number of aryl methyl sites for hydroxylation is 2. The van der Waals surface area contributed by atoms with Crippen LogP contribution < -0.4 is 19.1 Å². The fourth-order valence-electron chi connectivity index (χ4n) is 4.55. The fourth-order valence-corrected chi connectivity index (χ4v) is 6.43. The molecule has 1 atom stereocenters. The number of rotatable bonds is 12. The van der Waals surface area contributed by atoms with Crippen molar-refractivity contribution in [1.82, 2.24) is 10.2 Å². The predicted octanol–water partition coefficient (Wildman–Crippen LogP) is 5.76. The molecule has 3 aromatic rings. The molecule has 3 aromatic carbocycles. The molecule has 0 saturated heterocycles. The molecule has 0 aliphatic carbocycles. The van der Waals surface area contributed by atoms with Crippen molar-refractivity contribution in [2.45, 2.75) is 58.1 Å². The van der Waals surface area contributed by atoms with Crippen molar-refractivity contribution >= 4 is 50.7 Å². The molecule has 232 valence electrons. The second-order valence-corrected chi connectivity index (χ2v) is 13.2. The topological polar surface area (TPSA) is 105 Å². The van der Waals surface area contributed by atoms with Gasteiger partial charge in [0.15, 0.2) is 11.5 Å². The fraction of sp³-hybridized carbons (Fsp3) is 0.355. The van der Waals surface area contributed by atoms with E-state index in [0.29, 0.717) is 27.0 Å². The summed E-state index contributed by atoms with van der Waals surface area (Å²) in [5.41, 5.74) is 2.46. The highest BCUT2D eigenvalue weighted by atomic mass is 35.5. The minimum absolute atomic E-state index is 0.0569. The highest BCUT2D eigenvalue weighted by Gasteiger charge is 2.33. The number of nitrogens with zero attached hydrogens (tertiary/aromatic N) is 2. The van der Waals surface area contributed by atoms with Gasteiger partial charge in [0.25, 0.3) is 10.0 Å². The first-order valence-corrected chi connectivity index (χ1v) is 15.7. The van der Waals surface area contributed by atoms with Crippen molar-refractivity contribution in [1.29, 1.82) is 0 Å². The van der Waals surface area contributed by atoms with E-state index in [1.807, 2.05) is 33.8 Å². The molecule has 0 saturated carbocycles. The Morgan fingerprint density at radius 3 is 2.07 bits per heavy atom. The van der Waals surface area contributed by atoms with Gasteiger partial charge in [-0.15, -0.1) is 0 Å². The average Bonchev–Trinajstić information content (AvgIpc) is 2.93. The third-order valence-electron chi connectivity index (χ3n) is 6.67. The molecule has 0 aromatic heterocycles. The lowest BCUT2D eigenvalue weighted by Crippen LogP contribution is -2.52. The van der Waals surface area contributed by atoms with Gasteiger partial charge in [-0.2, -0.15) is 0 Å². The van der Waals surface area contributed by atoms with Crippen molar-refractivity contribution < 1.29 is 27.5 Å². The SMILES string of the molecule is COc1ccc(S(=O)(=O)N(CC(=O)N(Cc2ccc(Cl)cc2Cl)[C@@H](C)C(=O)NC(C)C)c2cc(C)cc(C)c2)cc1OC. The lowest BCUT2D eigenvalue weighted by molar-refractivity contribution is -0.139. The standard InChI is InChI=1S/C31H37Cl2N3O6S/c1-19(2)34-31(38)22(5)35(17-23-8-9-24(32)15-27(23)33)30(37)18-36(25-13-20(3)12-21(4)14-25)43(39,40)26-10-11-28(41-6)29(16-26)42-7/h8-16,19,22H,17-18H2,1-7H3,(H,34,38)/t22-/m0/s1. The van der Waals surface area contributed by atoms with Crippen LogP contribution in [0.1, 0.15) is 37.5 Å².